The number of hydrogen-bond donors (Lipinski definition) is 2. The molecule has 1 aliphatic carbocycles. The number of aromatic hydroxyl groups is 1. The molecule has 0 heterocycles. The van der Waals surface area contributed by atoms with Gasteiger partial charge in [0.05, 0.1) is 4.47 Å². The Labute approximate surface area is 105 Å². The minimum Gasteiger partial charge on any atom is -0.506 e. The monoisotopic (exact) mass is 283 g/mol. The van der Waals surface area contributed by atoms with Crippen LogP contribution in [0.3, 0.4) is 0 Å². The van der Waals surface area contributed by atoms with Crippen molar-refractivity contribution in [2.75, 3.05) is 0 Å². The van der Waals surface area contributed by atoms with Crippen molar-refractivity contribution in [2.45, 2.75) is 45.1 Å². The number of rotatable bonds is 1. The first-order valence-corrected chi connectivity index (χ1v) is 6.53. The van der Waals surface area contributed by atoms with Crippen LogP contribution in [0.15, 0.2) is 10.5 Å². The van der Waals surface area contributed by atoms with Crippen LogP contribution in [0.1, 0.15) is 42.4 Å². The predicted octanol–water partition coefficient (Wildman–Crippen LogP) is 3.50. The first kappa shape index (κ1) is 11.9. The van der Waals surface area contributed by atoms with E-state index in [1.807, 2.05) is 13.8 Å². The summed E-state index contributed by atoms with van der Waals surface area (Å²) >= 11 is 3.43. The minimum atomic E-state index is -0.329. The lowest BCUT2D eigenvalue weighted by Gasteiger charge is -2.28. The molecular formula is C13H18BrNO. The number of aryl methyl sites for hydroxylation is 2. The third kappa shape index (κ3) is 1.76. The second-order valence-corrected chi connectivity index (χ2v) is 5.70. The number of nitrogens with two attached hydrogens (primary N) is 1. The quantitative estimate of drug-likeness (QED) is 0.829. The van der Waals surface area contributed by atoms with Gasteiger partial charge in [0.15, 0.2) is 0 Å². The smallest absolute Gasteiger partial charge is 0.135 e. The molecule has 16 heavy (non-hydrogen) atoms. The summed E-state index contributed by atoms with van der Waals surface area (Å²) in [7, 11) is 0. The number of hydrogen-bond acceptors (Lipinski definition) is 2. The summed E-state index contributed by atoms with van der Waals surface area (Å²) in [6.45, 7) is 4.01. The Kier molecular flexibility index (Phi) is 3.01. The molecule has 2 nitrogen and oxygen atoms in total. The standard InChI is InChI=1S/C13H18BrNO/c1-8-7-9(2)11(14)12(16)10(8)13(15)5-3-4-6-13/h7,16H,3-6,15H2,1-2H3. The summed E-state index contributed by atoms with van der Waals surface area (Å²) in [5.41, 5.74) is 9.18. The Bertz CT molecular complexity index is 422. The zero-order valence-corrected chi connectivity index (χ0v) is 11.4. The lowest BCUT2D eigenvalue weighted by atomic mass is 9.85. The fourth-order valence-corrected chi connectivity index (χ4v) is 3.14. The van der Waals surface area contributed by atoms with Crippen molar-refractivity contribution in [1.29, 1.82) is 0 Å². The van der Waals surface area contributed by atoms with Crippen molar-refractivity contribution in [1.82, 2.24) is 0 Å². The van der Waals surface area contributed by atoms with Gasteiger partial charge in [-0.2, -0.15) is 0 Å². The van der Waals surface area contributed by atoms with E-state index in [2.05, 4.69) is 22.0 Å². The molecular weight excluding hydrogens is 266 g/mol. The van der Waals surface area contributed by atoms with E-state index in [0.717, 1.165) is 46.8 Å². The number of halogens is 1. The van der Waals surface area contributed by atoms with Crippen LogP contribution in [0.4, 0.5) is 0 Å². The van der Waals surface area contributed by atoms with Gasteiger partial charge in [0, 0.05) is 11.1 Å². The van der Waals surface area contributed by atoms with Gasteiger partial charge < -0.3 is 10.8 Å². The van der Waals surface area contributed by atoms with E-state index < -0.39 is 0 Å². The molecule has 0 saturated heterocycles. The highest BCUT2D eigenvalue weighted by Gasteiger charge is 2.35. The van der Waals surface area contributed by atoms with E-state index in [-0.39, 0.29) is 5.54 Å². The van der Waals surface area contributed by atoms with Gasteiger partial charge in [-0.05, 0) is 53.7 Å². The largest absolute Gasteiger partial charge is 0.506 e. The average Bonchev–Trinajstić information content (AvgIpc) is 2.62. The highest BCUT2D eigenvalue weighted by Crippen LogP contribution is 2.45. The Morgan fingerprint density at radius 3 is 2.38 bits per heavy atom. The highest BCUT2D eigenvalue weighted by molar-refractivity contribution is 9.10. The van der Waals surface area contributed by atoms with Gasteiger partial charge in [0.25, 0.3) is 0 Å². The van der Waals surface area contributed by atoms with E-state index in [0.29, 0.717) is 5.75 Å². The molecule has 0 aromatic heterocycles. The fraction of sp³-hybridized carbons (Fsp3) is 0.538. The Morgan fingerprint density at radius 2 is 1.81 bits per heavy atom. The average molecular weight is 284 g/mol. The van der Waals surface area contributed by atoms with E-state index in [1.165, 1.54) is 0 Å². The maximum absolute atomic E-state index is 10.3. The van der Waals surface area contributed by atoms with Crippen LogP contribution in [-0.4, -0.2) is 5.11 Å². The van der Waals surface area contributed by atoms with Crippen molar-refractivity contribution in [2.24, 2.45) is 5.73 Å². The summed E-state index contributed by atoms with van der Waals surface area (Å²) < 4.78 is 0.782. The van der Waals surface area contributed by atoms with E-state index in [4.69, 9.17) is 5.73 Å². The predicted molar refractivity (Wildman–Crippen MR) is 69.6 cm³/mol. The maximum Gasteiger partial charge on any atom is 0.135 e. The molecule has 1 aromatic carbocycles. The maximum atomic E-state index is 10.3. The van der Waals surface area contributed by atoms with Gasteiger partial charge in [0.2, 0.25) is 0 Å². The van der Waals surface area contributed by atoms with Crippen molar-refractivity contribution < 1.29 is 5.11 Å². The van der Waals surface area contributed by atoms with Crippen LogP contribution < -0.4 is 5.73 Å². The third-order valence-corrected chi connectivity index (χ3v) is 4.61. The lowest BCUT2D eigenvalue weighted by Crippen LogP contribution is -2.34. The van der Waals surface area contributed by atoms with E-state index in [9.17, 15) is 5.11 Å². The number of benzene rings is 1. The Balaban J connectivity index is 2.60. The number of phenols is 1. The highest BCUT2D eigenvalue weighted by atomic mass is 79.9. The molecule has 3 N–H and O–H groups in total. The van der Waals surface area contributed by atoms with Gasteiger partial charge >= 0.3 is 0 Å². The second kappa shape index (κ2) is 4.04. The SMILES string of the molecule is Cc1cc(C)c(C2(N)CCCC2)c(O)c1Br. The lowest BCUT2D eigenvalue weighted by molar-refractivity contribution is 0.405. The molecule has 0 radical (unpaired) electrons. The normalized spacial score (nSPS) is 19.0. The molecule has 1 aliphatic rings. The summed E-state index contributed by atoms with van der Waals surface area (Å²) in [6, 6.07) is 2.09. The zero-order valence-electron chi connectivity index (χ0n) is 9.81. The molecule has 88 valence electrons. The Hall–Kier alpha value is -0.540. The van der Waals surface area contributed by atoms with Crippen molar-refractivity contribution in [3.05, 3.63) is 27.2 Å². The van der Waals surface area contributed by atoms with Gasteiger partial charge in [-0.1, -0.05) is 18.9 Å². The molecule has 1 fully saturated rings. The summed E-state index contributed by atoms with van der Waals surface area (Å²) in [5, 5.41) is 10.3. The molecule has 0 bridgehead atoms. The zero-order chi connectivity index (χ0) is 11.9. The number of phenolic OH excluding ortho intramolecular Hbond substituents is 1. The third-order valence-electron chi connectivity index (χ3n) is 3.61. The van der Waals surface area contributed by atoms with Crippen LogP contribution in [0.25, 0.3) is 0 Å². The van der Waals surface area contributed by atoms with Gasteiger partial charge in [-0.25, -0.2) is 0 Å². The first-order valence-electron chi connectivity index (χ1n) is 5.74. The van der Waals surface area contributed by atoms with Crippen molar-refractivity contribution >= 4 is 15.9 Å². The van der Waals surface area contributed by atoms with Gasteiger partial charge in [-0.3, -0.25) is 0 Å². The minimum absolute atomic E-state index is 0.329. The van der Waals surface area contributed by atoms with Crippen molar-refractivity contribution in [3.63, 3.8) is 0 Å². The topological polar surface area (TPSA) is 46.2 Å². The molecule has 3 heteroatoms. The molecule has 2 rings (SSSR count). The van der Waals surface area contributed by atoms with Crippen LogP contribution in [-0.2, 0) is 5.54 Å². The Morgan fingerprint density at radius 1 is 1.25 bits per heavy atom. The van der Waals surface area contributed by atoms with Crippen molar-refractivity contribution in [3.8, 4) is 5.75 Å². The molecule has 0 unspecified atom stereocenters. The van der Waals surface area contributed by atoms with Crippen LogP contribution in [0.5, 0.6) is 5.75 Å². The molecule has 0 amide bonds. The summed E-state index contributed by atoms with van der Waals surface area (Å²) in [4.78, 5) is 0. The van der Waals surface area contributed by atoms with Crippen LogP contribution >= 0.6 is 15.9 Å². The fourth-order valence-electron chi connectivity index (χ4n) is 2.83. The molecule has 0 aliphatic heterocycles. The summed E-state index contributed by atoms with van der Waals surface area (Å²) in [5.74, 6) is 0.335. The van der Waals surface area contributed by atoms with E-state index in [1.54, 1.807) is 0 Å². The summed E-state index contributed by atoms with van der Waals surface area (Å²) in [6.07, 6.45) is 4.25. The van der Waals surface area contributed by atoms with Gasteiger partial charge in [0.1, 0.15) is 5.75 Å². The van der Waals surface area contributed by atoms with Gasteiger partial charge in [-0.15, -0.1) is 0 Å². The molecule has 0 atom stereocenters. The second-order valence-electron chi connectivity index (χ2n) is 4.91. The van der Waals surface area contributed by atoms with Crippen LogP contribution in [0.2, 0.25) is 0 Å². The molecule has 1 saturated carbocycles. The molecule has 0 spiro atoms. The van der Waals surface area contributed by atoms with E-state index >= 15 is 0 Å². The first-order chi connectivity index (χ1) is 7.46. The van der Waals surface area contributed by atoms with Crippen LogP contribution in [0, 0.1) is 13.8 Å². The molecule has 1 aromatic rings.